The first kappa shape index (κ1) is 40.0. The van der Waals surface area contributed by atoms with E-state index >= 15 is 0 Å². The van der Waals surface area contributed by atoms with E-state index in [1.165, 1.54) is 0 Å². The van der Waals surface area contributed by atoms with Crippen molar-refractivity contribution in [3.63, 3.8) is 0 Å². The molecule has 2 aromatic carbocycles. The number of piperazine rings is 1. The van der Waals surface area contributed by atoms with E-state index in [9.17, 15) is 29.2 Å². The summed E-state index contributed by atoms with van der Waals surface area (Å²) in [5.74, 6) is 0.189. The summed E-state index contributed by atoms with van der Waals surface area (Å²) >= 11 is 0. The Morgan fingerprint density at radius 1 is 0.836 bits per heavy atom. The lowest BCUT2D eigenvalue weighted by atomic mass is 9.92. The summed E-state index contributed by atoms with van der Waals surface area (Å²) in [5.41, 5.74) is 3.23. The fourth-order valence-corrected chi connectivity index (χ4v) is 9.52. The number of pyridine rings is 2. The third kappa shape index (κ3) is 8.37. The molecule has 0 bridgehead atoms. The van der Waals surface area contributed by atoms with E-state index in [1.54, 1.807) is 30.6 Å². The van der Waals surface area contributed by atoms with Crippen LogP contribution in [0.4, 0.5) is 11.5 Å². The molecule has 0 spiro atoms. The number of carbonyl (C=O) groups is 5. The number of hydrogen-bond acceptors (Lipinski definition) is 12. The maximum atomic E-state index is 13.3. The third-order valence-corrected chi connectivity index (χ3v) is 13.1. The Morgan fingerprint density at radius 2 is 1.62 bits per heavy atom. The molecule has 3 saturated heterocycles. The van der Waals surface area contributed by atoms with E-state index in [1.807, 2.05) is 36.4 Å². The van der Waals surface area contributed by atoms with Gasteiger partial charge >= 0.3 is 0 Å². The number of nitrogens with one attached hydrogen (secondary N) is 2. The molecule has 1 aliphatic carbocycles. The van der Waals surface area contributed by atoms with Crippen LogP contribution in [0.2, 0.25) is 0 Å². The zero-order valence-corrected chi connectivity index (χ0v) is 34.1. The summed E-state index contributed by atoms with van der Waals surface area (Å²) in [5, 5.41) is 15.7. The molecule has 6 heterocycles. The van der Waals surface area contributed by atoms with E-state index in [-0.39, 0.29) is 30.9 Å². The number of aromatic nitrogens is 2. The lowest BCUT2D eigenvalue weighted by Gasteiger charge is -2.38. The van der Waals surface area contributed by atoms with Crippen LogP contribution in [0.5, 0.6) is 5.75 Å². The van der Waals surface area contributed by atoms with Crippen molar-refractivity contribution in [1.29, 1.82) is 5.26 Å². The van der Waals surface area contributed by atoms with Gasteiger partial charge in [0.15, 0.2) is 0 Å². The average Bonchev–Trinajstić information content (AvgIpc) is 3.54. The number of benzene rings is 2. The van der Waals surface area contributed by atoms with Gasteiger partial charge in [-0.3, -0.25) is 44.1 Å². The topological polar surface area (TPSA) is 181 Å². The molecule has 5 amide bonds. The second kappa shape index (κ2) is 17.3. The first-order valence-electron chi connectivity index (χ1n) is 21.5. The molecule has 1 unspecified atom stereocenters. The molecule has 1 saturated carbocycles. The number of piperidine rings is 2. The fraction of sp³-hybridized carbons (Fsp3) is 0.435. The minimum absolute atomic E-state index is 0.0303. The van der Waals surface area contributed by atoms with Crippen LogP contribution in [0.15, 0.2) is 67.0 Å². The number of fused-ring (bicyclic) bond motifs is 2. The number of amides is 5. The Morgan fingerprint density at radius 3 is 2.36 bits per heavy atom. The van der Waals surface area contributed by atoms with E-state index in [0.29, 0.717) is 33.7 Å². The zero-order valence-electron chi connectivity index (χ0n) is 34.1. The summed E-state index contributed by atoms with van der Waals surface area (Å²) in [7, 11) is 0. The molecule has 4 aliphatic heterocycles. The summed E-state index contributed by atoms with van der Waals surface area (Å²) in [4.78, 5) is 80.8. The predicted molar refractivity (Wildman–Crippen MR) is 226 cm³/mol. The van der Waals surface area contributed by atoms with Crippen LogP contribution in [0.25, 0.3) is 10.9 Å². The number of imide groups is 2. The monoisotopic (exact) mass is 823 g/mol. The number of ether oxygens (including phenoxy) is 1. The van der Waals surface area contributed by atoms with Crippen molar-refractivity contribution in [2.24, 2.45) is 5.92 Å². The van der Waals surface area contributed by atoms with Crippen LogP contribution in [0.3, 0.4) is 0 Å². The highest BCUT2D eigenvalue weighted by Gasteiger charge is 2.45. The molecule has 4 aromatic rings. The maximum Gasteiger partial charge on any atom is 0.262 e. The van der Waals surface area contributed by atoms with Crippen molar-refractivity contribution < 1.29 is 28.7 Å². The largest absolute Gasteiger partial charge is 0.490 e. The van der Waals surface area contributed by atoms with E-state index in [4.69, 9.17) is 4.74 Å². The van der Waals surface area contributed by atoms with Crippen molar-refractivity contribution in [2.45, 2.75) is 76.0 Å². The Bertz CT molecular complexity index is 2390. The Hall–Kier alpha value is -6.40. The minimum Gasteiger partial charge on any atom is -0.490 e. The van der Waals surface area contributed by atoms with Gasteiger partial charge in [0, 0.05) is 75.2 Å². The van der Waals surface area contributed by atoms with Gasteiger partial charge in [0.2, 0.25) is 11.8 Å². The molecule has 314 valence electrons. The van der Waals surface area contributed by atoms with Gasteiger partial charge in [-0.25, -0.2) is 4.98 Å². The molecule has 61 heavy (non-hydrogen) atoms. The van der Waals surface area contributed by atoms with Gasteiger partial charge in [-0.05, 0) is 118 Å². The first-order valence-corrected chi connectivity index (χ1v) is 21.5. The number of carbonyl (C=O) groups excluding carboxylic acids is 5. The molecular weight excluding hydrogens is 775 g/mol. The Labute approximate surface area is 354 Å². The zero-order chi connectivity index (χ0) is 42.0. The average molecular weight is 824 g/mol. The summed E-state index contributed by atoms with van der Waals surface area (Å²) in [6, 6.07) is 17.8. The van der Waals surface area contributed by atoms with Crippen LogP contribution < -0.4 is 25.2 Å². The predicted octanol–water partition coefficient (Wildman–Crippen LogP) is 4.45. The molecule has 15 nitrogen and oxygen atoms in total. The lowest BCUT2D eigenvalue weighted by molar-refractivity contribution is -0.136. The molecule has 4 fully saturated rings. The molecule has 15 heteroatoms. The van der Waals surface area contributed by atoms with Gasteiger partial charge < -0.3 is 19.9 Å². The molecule has 2 aromatic heterocycles. The van der Waals surface area contributed by atoms with Gasteiger partial charge in [0.25, 0.3) is 17.7 Å². The molecule has 1 atom stereocenters. The standard InChI is InChI=1S/C46H49N9O6/c47-27-30-3-12-39(36-2-1-18-48-42(30)36)61-34-8-5-32(6-9-34)50-43(57)31-4-13-40(49-28-31)54-20-16-29(17-21-54)15-19-52-22-24-53(25-23-52)33-7-10-35-37(26-33)46(60)55(45(35)59)38-11-14-41(56)51-44(38)58/h1-4,7,10,12-13,18,26,28-29,32,34,38H,5-6,8-9,11,14-17,19-25H2,(H,50,57)(H,51,56,58)/t32-,34-,38?. The van der Waals surface area contributed by atoms with Crippen LogP contribution in [0.1, 0.15) is 94.4 Å². The normalized spacial score (nSPS) is 22.5. The summed E-state index contributed by atoms with van der Waals surface area (Å²) in [6.45, 7) is 6.31. The first-order chi connectivity index (χ1) is 29.7. The number of nitriles is 1. The van der Waals surface area contributed by atoms with Gasteiger partial charge in [-0.1, -0.05) is 0 Å². The van der Waals surface area contributed by atoms with E-state index in [2.05, 4.69) is 41.4 Å². The van der Waals surface area contributed by atoms with Gasteiger partial charge in [-0.15, -0.1) is 0 Å². The summed E-state index contributed by atoms with van der Waals surface area (Å²) < 4.78 is 6.37. The van der Waals surface area contributed by atoms with Crippen molar-refractivity contribution in [3.05, 3.63) is 89.2 Å². The van der Waals surface area contributed by atoms with E-state index < -0.39 is 29.7 Å². The van der Waals surface area contributed by atoms with Crippen molar-refractivity contribution in [1.82, 2.24) is 30.4 Å². The SMILES string of the molecule is N#Cc1ccc(O[C@H]2CC[C@H](NC(=O)c3ccc(N4CCC(CCN5CCN(c6ccc7c(c6)C(=O)N(C6CCC(=O)NC6=O)C7=O)CC5)CC4)nc3)CC2)c2cccnc12. The van der Waals surface area contributed by atoms with Crippen molar-refractivity contribution in [3.8, 4) is 11.8 Å². The van der Waals surface area contributed by atoms with Gasteiger partial charge in [-0.2, -0.15) is 5.26 Å². The fourth-order valence-electron chi connectivity index (χ4n) is 9.52. The highest BCUT2D eigenvalue weighted by atomic mass is 16.5. The second-order valence-electron chi connectivity index (χ2n) is 16.8. The number of rotatable bonds is 10. The minimum atomic E-state index is -0.971. The number of hydrogen-bond donors (Lipinski definition) is 2. The maximum absolute atomic E-state index is 13.3. The molecule has 9 rings (SSSR count). The second-order valence-corrected chi connectivity index (χ2v) is 16.8. The lowest BCUT2D eigenvalue weighted by Crippen LogP contribution is -2.54. The highest BCUT2D eigenvalue weighted by molar-refractivity contribution is 6.23. The van der Waals surface area contributed by atoms with Crippen molar-refractivity contribution in [2.75, 3.05) is 55.6 Å². The molecule has 0 radical (unpaired) electrons. The quantitative estimate of drug-likeness (QED) is 0.215. The van der Waals surface area contributed by atoms with Crippen LogP contribution in [-0.2, 0) is 9.59 Å². The molecule has 5 aliphatic rings. The Kier molecular flexibility index (Phi) is 11.3. The third-order valence-electron chi connectivity index (χ3n) is 13.1. The van der Waals surface area contributed by atoms with Crippen LogP contribution >= 0.6 is 0 Å². The molecular formula is C46H49N9O6. The van der Waals surface area contributed by atoms with Gasteiger partial charge in [0.05, 0.1) is 33.9 Å². The Balaban J connectivity index is 0.684. The van der Waals surface area contributed by atoms with Gasteiger partial charge in [0.1, 0.15) is 23.7 Å². The smallest absolute Gasteiger partial charge is 0.262 e. The van der Waals surface area contributed by atoms with Crippen LogP contribution in [-0.4, -0.2) is 113 Å². The highest BCUT2D eigenvalue weighted by Crippen LogP contribution is 2.33. The number of anilines is 2. The number of nitrogens with zero attached hydrogens (tertiary/aromatic N) is 7. The van der Waals surface area contributed by atoms with E-state index in [0.717, 1.165) is 118 Å². The molecule has 2 N–H and O–H groups in total. The van der Waals surface area contributed by atoms with Crippen LogP contribution in [0, 0.1) is 17.2 Å². The van der Waals surface area contributed by atoms with Crippen molar-refractivity contribution >= 4 is 51.9 Å². The summed E-state index contributed by atoms with van der Waals surface area (Å²) in [6.07, 6.45) is 10.2.